The molecule has 3 N–H and O–H groups in total. The third kappa shape index (κ3) is 8.99. The smallest absolute Gasteiger partial charge is 0.407 e. The number of Topliss-reactive ketones (excluding diaryl/α,β-unsaturated/α-hetero) is 1. The molecule has 3 atom stereocenters. The predicted molar refractivity (Wildman–Crippen MR) is 169 cm³/mol. The maximum atomic E-state index is 13.2. The number of carboxylic acid groups (broad SMARTS) is 1. The molecule has 10 nitrogen and oxygen atoms in total. The van der Waals surface area contributed by atoms with Gasteiger partial charge in [-0.15, -0.1) is 0 Å². The van der Waals surface area contributed by atoms with Crippen molar-refractivity contribution in [2.24, 2.45) is 11.8 Å². The first-order valence-corrected chi connectivity index (χ1v) is 15.0. The molecular weight excluding hydrogens is 576 g/mol. The standard InChI is InChI=1S/C35H40N2O8/c1-21(2)33(37-35(42)45-19-30-28-11-7-5-9-26(28)27-10-6-8-12-29(27)30)31(38)17-22(3)34(41)36-25-15-13-24(14-16-25)18-43-23(4)44-20-32(39)40/h5-16,21-23,30,33H,17-20H2,1-4H3,(H,36,41)(H,37,42)(H,39,40)/t22-,23?,33+/m1/s1. The number of rotatable bonds is 15. The van der Waals surface area contributed by atoms with E-state index in [0.29, 0.717) is 5.69 Å². The topological polar surface area (TPSA) is 140 Å². The lowest BCUT2D eigenvalue weighted by Crippen LogP contribution is -2.45. The van der Waals surface area contributed by atoms with Crippen LogP contribution in [0, 0.1) is 11.8 Å². The van der Waals surface area contributed by atoms with Gasteiger partial charge in [-0.1, -0.05) is 81.4 Å². The van der Waals surface area contributed by atoms with E-state index in [0.717, 1.165) is 27.8 Å². The van der Waals surface area contributed by atoms with Crippen molar-refractivity contribution in [1.82, 2.24) is 5.32 Å². The summed E-state index contributed by atoms with van der Waals surface area (Å²) >= 11 is 0. The van der Waals surface area contributed by atoms with Crippen molar-refractivity contribution >= 4 is 29.4 Å². The molecule has 238 valence electrons. The van der Waals surface area contributed by atoms with Crippen LogP contribution >= 0.6 is 0 Å². The Morgan fingerprint density at radius 1 is 0.822 bits per heavy atom. The molecule has 1 aliphatic carbocycles. The van der Waals surface area contributed by atoms with Gasteiger partial charge >= 0.3 is 12.1 Å². The van der Waals surface area contributed by atoms with Crippen molar-refractivity contribution in [2.75, 3.05) is 18.5 Å². The number of amides is 2. The maximum absolute atomic E-state index is 13.2. The lowest BCUT2D eigenvalue weighted by atomic mass is 9.93. The number of alkyl carbamates (subject to hydrolysis) is 1. The van der Waals surface area contributed by atoms with E-state index in [1.807, 2.05) is 50.2 Å². The Morgan fingerprint density at radius 3 is 2.00 bits per heavy atom. The van der Waals surface area contributed by atoms with Gasteiger partial charge in [-0.2, -0.15) is 0 Å². The van der Waals surface area contributed by atoms with Gasteiger partial charge in [-0.05, 0) is 52.8 Å². The summed E-state index contributed by atoms with van der Waals surface area (Å²) in [7, 11) is 0. The number of hydrogen-bond acceptors (Lipinski definition) is 7. The Balaban J connectivity index is 1.26. The fourth-order valence-electron chi connectivity index (χ4n) is 5.31. The van der Waals surface area contributed by atoms with E-state index in [-0.39, 0.29) is 43.2 Å². The molecule has 0 saturated carbocycles. The minimum atomic E-state index is -1.08. The first kappa shape index (κ1) is 33.4. The van der Waals surface area contributed by atoms with Crippen LogP contribution in [0.1, 0.15) is 56.7 Å². The van der Waals surface area contributed by atoms with Crippen LogP contribution in [0.25, 0.3) is 11.1 Å². The normalized spacial score (nSPS) is 14.2. The molecule has 0 radical (unpaired) electrons. The number of ether oxygens (including phenoxy) is 3. The van der Waals surface area contributed by atoms with Crippen molar-refractivity contribution in [2.45, 2.75) is 59.0 Å². The van der Waals surface area contributed by atoms with Crippen LogP contribution in [-0.4, -0.2) is 54.4 Å². The largest absolute Gasteiger partial charge is 0.480 e. The quantitative estimate of drug-likeness (QED) is 0.184. The SMILES string of the molecule is CC(OCC(=O)O)OCc1ccc(NC(=O)[C@H](C)CC(=O)[C@@H](NC(=O)OCC2c3ccccc3-c3ccccc32)C(C)C)cc1. The van der Waals surface area contributed by atoms with Crippen LogP contribution in [-0.2, 0) is 35.2 Å². The average Bonchev–Trinajstić information content (AvgIpc) is 3.34. The summed E-state index contributed by atoms with van der Waals surface area (Å²) in [6.45, 7) is 6.84. The summed E-state index contributed by atoms with van der Waals surface area (Å²) < 4.78 is 16.1. The van der Waals surface area contributed by atoms with E-state index in [9.17, 15) is 19.2 Å². The Morgan fingerprint density at radius 2 is 1.42 bits per heavy atom. The second kappa shape index (κ2) is 15.5. The third-order valence-electron chi connectivity index (χ3n) is 7.73. The van der Waals surface area contributed by atoms with Crippen molar-refractivity contribution in [3.05, 3.63) is 89.5 Å². The van der Waals surface area contributed by atoms with Crippen molar-refractivity contribution in [3.63, 3.8) is 0 Å². The van der Waals surface area contributed by atoms with Crippen LogP contribution in [0.4, 0.5) is 10.5 Å². The fourth-order valence-corrected chi connectivity index (χ4v) is 5.31. The fraction of sp³-hybridized carbons (Fsp3) is 0.371. The Hall–Kier alpha value is -4.54. The number of carbonyl (C=O) groups excluding carboxylic acids is 3. The van der Waals surface area contributed by atoms with Crippen molar-refractivity contribution in [1.29, 1.82) is 0 Å². The van der Waals surface area contributed by atoms with Gasteiger partial charge in [0.05, 0.1) is 12.6 Å². The van der Waals surface area contributed by atoms with Gasteiger partial charge in [0.25, 0.3) is 0 Å². The van der Waals surface area contributed by atoms with Gasteiger partial charge in [0, 0.05) is 23.9 Å². The van der Waals surface area contributed by atoms with E-state index >= 15 is 0 Å². The van der Waals surface area contributed by atoms with Gasteiger partial charge in [-0.3, -0.25) is 9.59 Å². The van der Waals surface area contributed by atoms with Gasteiger partial charge in [-0.25, -0.2) is 9.59 Å². The Kier molecular flexibility index (Phi) is 11.5. The van der Waals surface area contributed by atoms with E-state index in [4.69, 9.17) is 19.3 Å². The Bertz CT molecular complexity index is 1460. The summed E-state index contributed by atoms with van der Waals surface area (Å²) in [4.78, 5) is 49.6. The van der Waals surface area contributed by atoms with Crippen molar-refractivity contribution < 1.29 is 38.5 Å². The minimum absolute atomic E-state index is 0.0571. The summed E-state index contributed by atoms with van der Waals surface area (Å²) in [6.07, 6.45) is -1.42. The molecule has 0 aromatic heterocycles. The lowest BCUT2D eigenvalue weighted by molar-refractivity contribution is -0.166. The molecule has 0 fully saturated rings. The highest BCUT2D eigenvalue weighted by Crippen LogP contribution is 2.44. The molecule has 0 bridgehead atoms. The predicted octanol–water partition coefficient (Wildman–Crippen LogP) is 5.75. The number of aliphatic carboxylic acids is 1. The molecule has 1 aliphatic rings. The number of ketones is 1. The molecule has 4 rings (SSSR count). The van der Waals surface area contributed by atoms with Crippen LogP contribution in [0.15, 0.2) is 72.8 Å². The number of benzene rings is 3. The van der Waals surface area contributed by atoms with Crippen molar-refractivity contribution in [3.8, 4) is 11.1 Å². The number of carboxylic acids is 1. The molecular formula is C35H40N2O8. The summed E-state index contributed by atoms with van der Waals surface area (Å²) in [6, 6.07) is 22.3. The molecule has 3 aromatic carbocycles. The van der Waals surface area contributed by atoms with E-state index in [1.54, 1.807) is 38.1 Å². The van der Waals surface area contributed by atoms with Crippen LogP contribution in [0.5, 0.6) is 0 Å². The molecule has 0 aliphatic heterocycles. The van der Waals surface area contributed by atoms with Crippen LogP contribution in [0.3, 0.4) is 0 Å². The van der Waals surface area contributed by atoms with Gasteiger partial charge in [0.2, 0.25) is 5.91 Å². The monoisotopic (exact) mass is 616 g/mol. The zero-order chi connectivity index (χ0) is 32.5. The highest BCUT2D eigenvalue weighted by Gasteiger charge is 2.31. The highest BCUT2D eigenvalue weighted by molar-refractivity contribution is 5.97. The third-order valence-corrected chi connectivity index (χ3v) is 7.73. The minimum Gasteiger partial charge on any atom is -0.480 e. The molecule has 10 heteroatoms. The average molecular weight is 617 g/mol. The zero-order valence-corrected chi connectivity index (χ0v) is 25.9. The van der Waals surface area contributed by atoms with E-state index in [1.165, 1.54) is 0 Å². The molecule has 1 unspecified atom stereocenters. The van der Waals surface area contributed by atoms with Crippen LogP contribution < -0.4 is 10.6 Å². The molecule has 3 aromatic rings. The second-order valence-electron chi connectivity index (χ2n) is 11.5. The first-order valence-electron chi connectivity index (χ1n) is 15.0. The van der Waals surface area contributed by atoms with Gasteiger partial charge in [0.15, 0.2) is 12.1 Å². The maximum Gasteiger partial charge on any atom is 0.407 e. The summed E-state index contributed by atoms with van der Waals surface area (Å²) in [5.74, 6) is -2.60. The highest BCUT2D eigenvalue weighted by atomic mass is 16.7. The van der Waals surface area contributed by atoms with Crippen LogP contribution in [0.2, 0.25) is 0 Å². The molecule has 0 spiro atoms. The number of anilines is 1. The zero-order valence-electron chi connectivity index (χ0n) is 25.9. The molecule has 2 amide bonds. The van der Waals surface area contributed by atoms with Gasteiger partial charge < -0.3 is 30.0 Å². The summed E-state index contributed by atoms with van der Waals surface area (Å²) in [5, 5.41) is 14.2. The summed E-state index contributed by atoms with van der Waals surface area (Å²) in [5.41, 5.74) is 5.82. The van der Waals surface area contributed by atoms with Gasteiger partial charge in [0.1, 0.15) is 13.2 Å². The molecule has 0 saturated heterocycles. The second-order valence-corrected chi connectivity index (χ2v) is 11.5. The lowest BCUT2D eigenvalue weighted by Gasteiger charge is -2.23. The van der Waals surface area contributed by atoms with E-state index in [2.05, 4.69) is 22.8 Å². The Labute approximate surface area is 263 Å². The molecule has 0 heterocycles. The number of fused-ring (bicyclic) bond motifs is 3. The number of hydrogen-bond donors (Lipinski definition) is 3. The number of nitrogens with one attached hydrogen (secondary N) is 2. The number of carbonyl (C=O) groups is 4. The molecule has 45 heavy (non-hydrogen) atoms. The van der Waals surface area contributed by atoms with E-state index < -0.39 is 36.9 Å². The first-order chi connectivity index (χ1) is 21.5.